The quantitative estimate of drug-likeness (QED) is 0.285. The van der Waals surface area contributed by atoms with E-state index in [4.69, 9.17) is 19.4 Å². The SMILES string of the molecule is CCONC(=O)OCCCC[C@H]1[C@@H](C/C=C\CCCC(=O)O)[C@H]2CC[C@@H]1O2. The number of nitrogens with one attached hydrogen (secondary N) is 1. The number of ether oxygens (including phenoxy) is 2. The van der Waals surface area contributed by atoms with Crippen LogP contribution in [0.25, 0.3) is 0 Å². The van der Waals surface area contributed by atoms with Crippen LogP contribution in [0.15, 0.2) is 12.2 Å². The first-order chi connectivity index (χ1) is 13.1. The van der Waals surface area contributed by atoms with Gasteiger partial charge in [0.05, 0.1) is 25.4 Å². The molecule has 2 fully saturated rings. The number of rotatable bonds is 13. The van der Waals surface area contributed by atoms with E-state index in [1.165, 1.54) is 0 Å². The van der Waals surface area contributed by atoms with Gasteiger partial charge >= 0.3 is 12.1 Å². The highest BCUT2D eigenvalue weighted by Gasteiger charge is 2.47. The summed E-state index contributed by atoms with van der Waals surface area (Å²) in [4.78, 5) is 26.6. The second-order valence-electron chi connectivity index (χ2n) is 7.28. The zero-order chi connectivity index (χ0) is 19.5. The first-order valence-corrected chi connectivity index (χ1v) is 10.2. The molecule has 1 amide bonds. The van der Waals surface area contributed by atoms with Gasteiger partial charge in [-0.15, -0.1) is 0 Å². The van der Waals surface area contributed by atoms with Gasteiger partial charge in [0.1, 0.15) is 0 Å². The van der Waals surface area contributed by atoms with E-state index in [9.17, 15) is 9.59 Å². The lowest BCUT2D eigenvalue weighted by molar-refractivity contribution is -0.137. The molecular formula is C20H33NO6. The standard InChI is InChI=1S/C20H33NO6/c1-2-26-21-20(24)25-14-8-7-10-16-15(17-12-13-18(16)27-17)9-5-3-4-6-11-19(22)23/h3,5,15-18H,2,4,6-14H2,1H3,(H,21,24)(H,22,23)/b5-3-/t15-,16+,17-,18+/m1/s1. The minimum absolute atomic E-state index is 0.231. The summed E-state index contributed by atoms with van der Waals surface area (Å²) >= 11 is 0. The number of carboxylic acid groups (broad SMARTS) is 1. The minimum Gasteiger partial charge on any atom is -0.481 e. The van der Waals surface area contributed by atoms with Crippen LogP contribution in [0.4, 0.5) is 4.79 Å². The summed E-state index contributed by atoms with van der Waals surface area (Å²) in [5.41, 5.74) is 2.22. The molecule has 2 heterocycles. The molecule has 2 rings (SSSR count). The molecule has 2 saturated heterocycles. The molecule has 0 aromatic heterocycles. The molecule has 0 aromatic rings. The van der Waals surface area contributed by atoms with Gasteiger partial charge in [-0.1, -0.05) is 12.2 Å². The molecule has 2 bridgehead atoms. The van der Waals surface area contributed by atoms with Crippen molar-refractivity contribution in [2.24, 2.45) is 11.8 Å². The van der Waals surface area contributed by atoms with Gasteiger partial charge in [-0.25, -0.2) is 4.79 Å². The molecule has 0 aliphatic carbocycles. The normalized spacial score (nSPS) is 26.6. The van der Waals surface area contributed by atoms with Gasteiger partial charge in [0, 0.05) is 6.42 Å². The highest BCUT2D eigenvalue weighted by atomic mass is 16.7. The number of hydrogen-bond donors (Lipinski definition) is 2. The Kier molecular flexibility index (Phi) is 9.62. The van der Waals surface area contributed by atoms with Gasteiger partial charge in [-0.3, -0.25) is 9.63 Å². The van der Waals surface area contributed by atoms with E-state index in [2.05, 4.69) is 17.6 Å². The molecule has 2 N–H and O–H groups in total. The highest BCUT2D eigenvalue weighted by molar-refractivity contribution is 5.66. The Bertz CT molecular complexity index is 495. The van der Waals surface area contributed by atoms with Crippen molar-refractivity contribution in [1.29, 1.82) is 0 Å². The molecule has 2 aliphatic heterocycles. The van der Waals surface area contributed by atoms with Crippen LogP contribution in [0, 0.1) is 11.8 Å². The maximum absolute atomic E-state index is 11.3. The molecule has 154 valence electrons. The molecular weight excluding hydrogens is 350 g/mol. The van der Waals surface area contributed by atoms with Gasteiger partial charge in [0.25, 0.3) is 0 Å². The average Bonchev–Trinajstić information content (AvgIpc) is 3.24. The van der Waals surface area contributed by atoms with E-state index < -0.39 is 12.1 Å². The summed E-state index contributed by atoms with van der Waals surface area (Å²) in [7, 11) is 0. The third kappa shape index (κ3) is 7.50. The Labute approximate surface area is 161 Å². The Morgan fingerprint density at radius 3 is 2.67 bits per heavy atom. The molecule has 0 radical (unpaired) electrons. The van der Waals surface area contributed by atoms with Crippen molar-refractivity contribution >= 4 is 12.1 Å². The molecule has 0 unspecified atom stereocenters. The molecule has 4 atom stereocenters. The largest absolute Gasteiger partial charge is 0.481 e. The summed E-state index contributed by atoms with van der Waals surface area (Å²) in [6.45, 7) is 2.60. The number of allylic oxidation sites excluding steroid dienone is 2. The van der Waals surface area contributed by atoms with Crippen molar-refractivity contribution in [3.8, 4) is 0 Å². The first kappa shape index (κ1) is 21.7. The monoisotopic (exact) mass is 383 g/mol. The molecule has 27 heavy (non-hydrogen) atoms. The second-order valence-corrected chi connectivity index (χ2v) is 7.28. The van der Waals surface area contributed by atoms with E-state index in [0.29, 0.717) is 43.7 Å². The first-order valence-electron chi connectivity index (χ1n) is 10.2. The van der Waals surface area contributed by atoms with Crippen molar-refractivity contribution in [3.63, 3.8) is 0 Å². The third-order valence-electron chi connectivity index (χ3n) is 5.39. The minimum atomic E-state index is -0.732. The fourth-order valence-electron chi connectivity index (χ4n) is 4.15. The van der Waals surface area contributed by atoms with E-state index in [0.717, 1.165) is 44.9 Å². The topological polar surface area (TPSA) is 94.1 Å². The summed E-state index contributed by atoms with van der Waals surface area (Å²) in [5, 5.41) is 8.66. The maximum Gasteiger partial charge on any atom is 0.431 e. The molecule has 0 aromatic carbocycles. The number of hydrogen-bond acceptors (Lipinski definition) is 5. The van der Waals surface area contributed by atoms with Gasteiger partial charge in [-0.2, -0.15) is 5.48 Å². The number of unbranched alkanes of at least 4 members (excludes halogenated alkanes) is 2. The van der Waals surface area contributed by atoms with Crippen molar-refractivity contribution in [2.75, 3.05) is 13.2 Å². The predicted molar refractivity (Wildman–Crippen MR) is 100 cm³/mol. The number of carbonyl (C=O) groups is 2. The van der Waals surface area contributed by atoms with Crippen molar-refractivity contribution in [3.05, 3.63) is 12.2 Å². The van der Waals surface area contributed by atoms with Crippen LogP contribution >= 0.6 is 0 Å². The van der Waals surface area contributed by atoms with Crippen LogP contribution in [-0.4, -0.2) is 42.6 Å². The summed E-state index contributed by atoms with van der Waals surface area (Å²) < 4.78 is 11.2. The highest BCUT2D eigenvalue weighted by Crippen LogP contribution is 2.47. The van der Waals surface area contributed by atoms with Crippen LogP contribution in [0.5, 0.6) is 0 Å². The fraction of sp³-hybridized carbons (Fsp3) is 0.800. The average molecular weight is 383 g/mol. The van der Waals surface area contributed by atoms with E-state index >= 15 is 0 Å². The lowest BCUT2D eigenvalue weighted by atomic mass is 9.75. The van der Waals surface area contributed by atoms with Crippen LogP contribution in [0.2, 0.25) is 0 Å². The van der Waals surface area contributed by atoms with Crippen molar-refractivity contribution in [1.82, 2.24) is 5.48 Å². The maximum atomic E-state index is 11.3. The van der Waals surface area contributed by atoms with Gasteiger partial charge in [0.2, 0.25) is 0 Å². The number of fused-ring (bicyclic) bond motifs is 2. The number of carbonyl (C=O) groups excluding carboxylic acids is 1. The molecule has 7 nitrogen and oxygen atoms in total. The van der Waals surface area contributed by atoms with E-state index in [1.54, 1.807) is 6.92 Å². The van der Waals surface area contributed by atoms with Crippen LogP contribution in [0.3, 0.4) is 0 Å². The van der Waals surface area contributed by atoms with Crippen LogP contribution in [-0.2, 0) is 19.1 Å². The van der Waals surface area contributed by atoms with Gasteiger partial charge < -0.3 is 14.6 Å². The number of carboxylic acids is 1. The summed E-state index contributed by atoms with van der Waals surface area (Å²) in [6.07, 6.45) is 12.5. The Morgan fingerprint density at radius 1 is 1.15 bits per heavy atom. The lowest BCUT2D eigenvalue weighted by Crippen LogP contribution is -2.27. The van der Waals surface area contributed by atoms with Crippen LogP contribution < -0.4 is 5.48 Å². The predicted octanol–water partition coefficient (Wildman–Crippen LogP) is 3.83. The summed E-state index contributed by atoms with van der Waals surface area (Å²) in [6, 6.07) is 0. The second kappa shape index (κ2) is 12.0. The Balaban J connectivity index is 1.63. The fourth-order valence-corrected chi connectivity index (χ4v) is 4.15. The van der Waals surface area contributed by atoms with Gasteiger partial charge in [-0.05, 0) is 70.1 Å². The number of aliphatic carboxylic acids is 1. The number of amides is 1. The number of hydroxylamine groups is 1. The van der Waals surface area contributed by atoms with E-state index in [1.807, 2.05) is 0 Å². The zero-order valence-corrected chi connectivity index (χ0v) is 16.2. The van der Waals surface area contributed by atoms with Crippen molar-refractivity contribution in [2.45, 2.75) is 76.9 Å². The molecule has 2 aliphatic rings. The van der Waals surface area contributed by atoms with Crippen LogP contribution in [0.1, 0.15) is 64.7 Å². The smallest absolute Gasteiger partial charge is 0.431 e. The third-order valence-corrected chi connectivity index (χ3v) is 5.39. The van der Waals surface area contributed by atoms with E-state index in [-0.39, 0.29) is 6.42 Å². The Morgan fingerprint density at radius 2 is 1.93 bits per heavy atom. The summed E-state index contributed by atoms with van der Waals surface area (Å²) in [5.74, 6) is 0.399. The van der Waals surface area contributed by atoms with Gasteiger partial charge in [0.15, 0.2) is 0 Å². The lowest BCUT2D eigenvalue weighted by Gasteiger charge is -2.27. The molecule has 0 spiro atoms. The van der Waals surface area contributed by atoms with Crippen molar-refractivity contribution < 1.29 is 29.0 Å². The molecule has 0 saturated carbocycles. The molecule has 7 heteroatoms. The zero-order valence-electron chi connectivity index (χ0n) is 16.2. The Hall–Kier alpha value is -1.60.